The molecule has 0 spiro atoms. The van der Waals surface area contributed by atoms with Crippen molar-refractivity contribution < 1.29 is 23.9 Å². The van der Waals surface area contributed by atoms with E-state index in [-0.39, 0.29) is 47.6 Å². The van der Waals surface area contributed by atoms with Gasteiger partial charge in [-0.2, -0.15) is 0 Å². The third kappa shape index (κ3) is 9.26. The molecule has 2 aliphatic carbocycles. The van der Waals surface area contributed by atoms with Gasteiger partial charge >= 0.3 is 12.1 Å². The fourth-order valence-corrected chi connectivity index (χ4v) is 6.14. The smallest absolute Gasteiger partial charge is 0.407 e. The van der Waals surface area contributed by atoms with E-state index in [1.165, 1.54) is 0 Å². The van der Waals surface area contributed by atoms with E-state index in [0.29, 0.717) is 6.61 Å². The van der Waals surface area contributed by atoms with Gasteiger partial charge < -0.3 is 20.1 Å². The molecule has 2 N–H and O–H groups in total. The number of amides is 2. The van der Waals surface area contributed by atoms with E-state index in [4.69, 9.17) is 9.47 Å². The molecule has 2 saturated carbocycles. The summed E-state index contributed by atoms with van der Waals surface area (Å²) in [6, 6.07) is -0.0757. The predicted molar refractivity (Wildman–Crippen MR) is 142 cm³/mol. The van der Waals surface area contributed by atoms with Gasteiger partial charge in [-0.25, -0.2) is 4.79 Å². The molecular weight excluding hydrogens is 456 g/mol. The van der Waals surface area contributed by atoms with Gasteiger partial charge in [0, 0.05) is 18.0 Å². The van der Waals surface area contributed by atoms with Crippen LogP contribution in [0.5, 0.6) is 0 Å². The minimum Gasteiger partial charge on any atom is -0.465 e. The Balaban J connectivity index is 2.09. The SMILES string of the molecule is CCCCOC(=O)[C@@H](CC)[C@@H]1CCCC[C@@H]1NC(=O)[C@@H](CC)[C@@H]1CCCC[C@@H]1NC(=O)OC(C)(C)C. The van der Waals surface area contributed by atoms with Gasteiger partial charge in [0.2, 0.25) is 5.91 Å². The standard InChI is InChI=1S/C29H52N2O5/c1-7-10-19-35-27(33)21(9-3)23-16-12-13-17-24(23)30-26(32)20(8-2)22-15-11-14-18-25(22)31-28(34)36-29(4,5)6/h20-25H,7-19H2,1-6H3,(H,30,32)(H,31,34)/t20-,21-,22-,23-,24-,25-/m0/s1. The first kappa shape index (κ1) is 30.4. The maximum Gasteiger partial charge on any atom is 0.407 e. The highest BCUT2D eigenvalue weighted by Gasteiger charge is 2.40. The zero-order valence-electron chi connectivity index (χ0n) is 23.7. The molecule has 2 aliphatic rings. The van der Waals surface area contributed by atoms with E-state index in [1.54, 1.807) is 0 Å². The van der Waals surface area contributed by atoms with Crippen molar-refractivity contribution in [2.24, 2.45) is 23.7 Å². The number of nitrogens with one attached hydrogen (secondary N) is 2. The molecule has 2 rings (SSSR count). The van der Waals surface area contributed by atoms with Crippen molar-refractivity contribution in [1.29, 1.82) is 0 Å². The number of hydrogen-bond acceptors (Lipinski definition) is 5. The molecule has 7 heteroatoms. The fourth-order valence-electron chi connectivity index (χ4n) is 6.14. The Morgan fingerprint density at radius 3 is 1.86 bits per heavy atom. The van der Waals surface area contributed by atoms with Crippen LogP contribution in [0.4, 0.5) is 4.79 Å². The summed E-state index contributed by atoms with van der Waals surface area (Å²) in [6.45, 7) is 12.2. The second-order valence-electron chi connectivity index (χ2n) is 11.8. The van der Waals surface area contributed by atoms with E-state index in [0.717, 1.165) is 77.0 Å². The molecule has 6 atom stereocenters. The molecule has 0 heterocycles. The van der Waals surface area contributed by atoms with Gasteiger partial charge in [0.05, 0.1) is 12.5 Å². The Bertz CT molecular complexity index is 704. The Kier molecular flexibility index (Phi) is 12.5. The first-order valence-corrected chi connectivity index (χ1v) is 14.6. The maximum absolute atomic E-state index is 13.7. The summed E-state index contributed by atoms with van der Waals surface area (Å²) in [5.74, 6) is -0.210. The van der Waals surface area contributed by atoms with Crippen molar-refractivity contribution >= 4 is 18.0 Å². The zero-order valence-corrected chi connectivity index (χ0v) is 23.7. The van der Waals surface area contributed by atoms with Gasteiger partial charge in [0.25, 0.3) is 0 Å². The lowest BCUT2D eigenvalue weighted by molar-refractivity contribution is -0.152. The fraction of sp³-hybridized carbons (Fsp3) is 0.897. The number of hydrogen-bond donors (Lipinski definition) is 2. The van der Waals surface area contributed by atoms with E-state index >= 15 is 0 Å². The second-order valence-corrected chi connectivity index (χ2v) is 11.8. The quantitative estimate of drug-likeness (QED) is 0.258. The molecule has 0 aromatic heterocycles. The lowest BCUT2D eigenvalue weighted by atomic mass is 9.73. The molecule has 2 fully saturated rings. The third-order valence-electron chi connectivity index (χ3n) is 7.96. The van der Waals surface area contributed by atoms with E-state index in [2.05, 4.69) is 24.5 Å². The van der Waals surface area contributed by atoms with Gasteiger partial charge in [-0.1, -0.05) is 52.9 Å². The van der Waals surface area contributed by atoms with Crippen LogP contribution in [0.25, 0.3) is 0 Å². The third-order valence-corrected chi connectivity index (χ3v) is 7.96. The van der Waals surface area contributed by atoms with Crippen molar-refractivity contribution in [1.82, 2.24) is 10.6 Å². The first-order chi connectivity index (χ1) is 17.1. The Labute approximate surface area is 219 Å². The Hall–Kier alpha value is -1.79. The van der Waals surface area contributed by atoms with E-state index in [9.17, 15) is 14.4 Å². The van der Waals surface area contributed by atoms with Crippen LogP contribution >= 0.6 is 0 Å². The second kappa shape index (κ2) is 14.8. The van der Waals surface area contributed by atoms with Crippen LogP contribution in [-0.4, -0.2) is 42.3 Å². The monoisotopic (exact) mass is 508 g/mol. The molecule has 0 bridgehead atoms. The minimum absolute atomic E-state index is 0.00942. The number of carbonyl (C=O) groups is 3. The van der Waals surface area contributed by atoms with E-state index in [1.807, 2.05) is 27.7 Å². The molecule has 208 valence electrons. The van der Waals surface area contributed by atoms with Crippen molar-refractivity contribution in [2.75, 3.05) is 6.61 Å². The number of unbranched alkanes of at least 4 members (excludes halogenated alkanes) is 1. The summed E-state index contributed by atoms with van der Waals surface area (Å²) in [6.07, 6.45) is 10.8. The summed E-state index contributed by atoms with van der Waals surface area (Å²) in [4.78, 5) is 39.0. The average Bonchev–Trinajstić information content (AvgIpc) is 2.81. The van der Waals surface area contributed by atoms with Gasteiger partial charge in [0.15, 0.2) is 0 Å². The van der Waals surface area contributed by atoms with E-state index < -0.39 is 11.7 Å². The predicted octanol–water partition coefficient (Wildman–Crippen LogP) is 6.14. The number of rotatable bonds is 11. The van der Waals surface area contributed by atoms with Gasteiger partial charge in [-0.05, 0) is 77.6 Å². The van der Waals surface area contributed by atoms with Crippen LogP contribution in [0.2, 0.25) is 0 Å². The van der Waals surface area contributed by atoms with Crippen LogP contribution in [0, 0.1) is 23.7 Å². The minimum atomic E-state index is -0.556. The van der Waals surface area contributed by atoms with Crippen molar-refractivity contribution in [3.8, 4) is 0 Å². The van der Waals surface area contributed by atoms with Gasteiger partial charge in [-0.3, -0.25) is 9.59 Å². The largest absolute Gasteiger partial charge is 0.465 e. The number of ether oxygens (including phenoxy) is 2. The first-order valence-electron chi connectivity index (χ1n) is 14.6. The number of carbonyl (C=O) groups excluding carboxylic acids is 3. The molecular formula is C29H52N2O5. The molecule has 0 aromatic carbocycles. The van der Waals surface area contributed by atoms with Gasteiger partial charge in [-0.15, -0.1) is 0 Å². The lowest BCUT2D eigenvalue weighted by Crippen LogP contribution is -2.52. The normalized spacial score (nSPS) is 26.4. The van der Waals surface area contributed by atoms with Crippen LogP contribution in [0.15, 0.2) is 0 Å². The summed E-state index contributed by atoms with van der Waals surface area (Å²) in [7, 11) is 0. The van der Waals surface area contributed by atoms with Gasteiger partial charge in [0.1, 0.15) is 5.60 Å². The number of esters is 1. The molecule has 0 aromatic rings. The highest BCUT2D eigenvalue weighted by Crippen LogP contribution is 2.36. The summed E-state index contributed by atoms with van der Waals surface area (Å²) < 4.78 is 11.1. The highest BCUT2D eigenvalue weighted by atomic mass is 16.6. The Morgan fingerprint density at radius 1 is 0.806 bits per heavy atom. The summed E-state index contributed by atoms with van der Waals surface area (Å²) in [5.41, 5.74) is -0.556. The van der Waals surface area contributed by atoms with Crippen LogP contribution in [0.3, 0.4) is 0 Å². The Morgan fingerprint density at radius 2 is 1.33 bits per heavy atom. The van der Waals surface area contributed by atoms with Crippen LogP contribution in [-0.2, 0) is 19.1 Å². The molecule has 0 aliphatic heterocycles. The highest BCUT2D eigenvalue weighted by molar-refractivity contribution is 5.80. The van der Waals surface area contributed by atoms with Crippen LogP contribution < -0.4 is 10.6 Å². The van der Waals surface area contributed by atoms with Crippen molar-refractivity contribution in [3.05, 3.63) is 0 Å². The van der Waals surface area contributed by atoms with Crippen molar-refractivity contribution in [3.63, 3.8) is 0 Å². The van der Waals surface area contributed by atoms with Crippen molar-refractivity contribution in [2.45, 2.75) is 136 Å². The maximum atomic E-state index is 13.7. The zero-order chi connectivity index (χ0) is 26.7. The summed E-state index contributed by atoms with van der Waals surface area (Å²) >= 11 is 0. The molecule has 2 amide bonds. The molecule has 0 unspecified atom stereocenters. The average molecular weight is 509 g/mol. The number of alkyl carbamates (subject to hydrolysis) is 1. The molecule has 36 heavy (non-hydrogen) atoms. The molecule has 0 radical (unpaired) electrons. The van der Waals surface area contributed by atoms with Crippen LogP contribution in [0.1, 0.15) is 119 Å². The lowest BCUT2D eigenvalue weighted by Gasteiger charge is -2.40. The molecule has 0 saturated heterocycles. The molecule has 7 nitrogen and oxygen atoms in total. The topological polar surface area (TPSA) is 93.7 Å². The summed E-state index contributed by atoms with van der Waals surface area (Å²) in [5, 5.41) is 6.45.